The minimum Gasteiger partial charge on any atom is -0.488 e. The Morgan fingerprint density at radius 2 is 1.53 bits per heavy atom. The summed E-state index contributed by atoms with van der Waals surface area (Å²) in [5.74, 6) is -0.446. The second-order valence-electron chi connectivity index (χ2n) is 7.76. The van der Waals surface area contributed by atoms with Gasteiger partial charge in [0.05, 0.1) is 5.69 Å². The van der Waals surface area contributed by atoms with Gasteiger partial charge in [-0.05, 0) is 52.8 Å². The normalized spacial score (nSPS) is 15.0. The molecule has 1 fully saturated rings. The minimum absolute atomic E-state index is 0.0151. The zero-order chi connectivity index (χ0) is 23.5. The maximum atomic E-state index is 13.3. The molecule has 4 aromatic carbocycles. The summed E-state index contributed by atoms with van der Waals surface area (Å²) in [4.78, 5) is 27.3. The first-order chi connectivity index (χ1) is 16.6. The third-order valence-corrected chi connectivity index (χ3v) is 5.88. The van der Waals surface area contributed by atoms with E-state index in [0.29, 0.717) is 23.6 Å². The molecule has 0 aromatic heterocycles. The van der Waals surface area contributed by atoms with Gasteiger partial charge < -0.3 is 4.74 Å². The summed E-state index contributed by atoms with van der Waals surface area (Å²) in [7, 11) is 0. The molecule has 1 heterocycles. The van der Waals surface area contributed by atoms with E-state index in [1.165, 1.54) is 4.90 Å². The lowest BCUT2D eigenvalue weighted by molar-refractivity contribution is -0.122. The van der Waals surface area contributed by atoms with Gasteiger partial charge in [0.1, 0.15) is 17.9 Å². The van der Waals surface area contributed by atoms with Crippen LogP contribution < -0.4 is 15.0 Å². The zero-order valence-corrected chi connectivity index (χ0v) is 18.9. The molecule has 0 unspecified atom stereocenters. The van der Waals surface area contributed by atoms with Crippen LogP contribution in [0.25, 0.3) is 16.8 Å². The van der Waals surface area contributed by atoms with E-state index in [9.17, 15) is 9.59 Å². The van der Waals surface area contributed by atoms with Crippen molar-refractivity contribution in [2.24, 2.45) is 0 Å². The number of hydrogen-bond acceptors (Lipinski definition) is 4. The molecular formula is C28H20N2O3S. The Morgan fingerprint density at radius 1 is 0.824 bits per heavy atom. The van der Waals surface area contributed by atoms with Gasteiger partial charge in [-0.2, -0.15) is 0 Å². The van der Waals surface area contributed by atoms with Crippen LogP contribution >= 0.6 is 12.2 Å². The molecule has 0 saturated carbocycles. The fraction of sp³-hybridized carbons (Fsp3) is 0.0357. The Labute approximate surface area is 202 Å². The highest BCUT2D eigenvalue weighted by atomic mass is 32.1. The first kappa shape index (κ1) is 21.6. The summed E-state index contributed by atoms with van der Waals surface area (Å²) >= 11 is 5.26. The molecule has 1 N–H and O–H groups in total. The Hall–Kier alpha value is -4.29. The van der Waals surface area contributed by atoms with Crippen molar-refractivity contribution in [1.82, 2.24) is 5.32 Å². The van der Waals surface area contributed by atoms with E-state index in [0.717, 1.165) is 16.3 Å². The highest BCUT2D eigenvalue weighted by Gasteiger charge is 2.34. The van der Waals surface area contributed by atoms with Crippen LogP contribution in [0, 0.1) is 0 Å². The van der Waals surface area contributed by atoms with E-state index in [1.807, 2.05) is 66.7 Å². The Balaban J connectivity index is 1.45. The van der Waals surface area contributed by atoms with Crippen LogP contribution in [0.3, 0.4) is 0 Å². The van der Waals surface area contributed by atoms with Crippen molar-refractivity contribution in [3.05, 3.63) is 114 Å². The molecule has 1 aliphatic rings. The van der Waals surface area contributed by atoms with Crippen molar-refractivity contribution in [2.45, 2.75) is 6.61 Å². The average molecular weight is 465 g/mol. The summed E-state index contributed by atoms with van der Waals surface area (Å²) in [6, 6.07) is 30.5. The number of anilines is 1. The molecular weight excluding hydrogens is 444 g/mol. The van der Waals surface area contributed by atoms with Gasteiger partial charge in [0, 0.05) is 5.56 Å². The molecule has 1 aliphatic heterocycles. The number of thiocarbonyl (C=S) groups is 1. The van der Waals surface area contributed by atoms with Crippen molar-refractivity contribution < 1.29 is 14.3 Å². The maximum Gasteiger partial charge on any atom is 0.270 e. The fourth-order valence-electron chi connectivity index (χ4n) is 3.93. The number of para-hydroxylation sites is 2. The van der Waals surface area contributed by atoms with Gasteiger partial charge in [-0.25, -0.2) is 0 Å². The van der Waals surface area contributed by atoms with Crippen LogP contribution in [0.5, 0.6) is 5.75 Å². The van der Waals surface area contributed by atoms with Gasteiger partial charge in [0.25, 0.3) is 11.8 Å². The second kappa shape index (κ2) is 9.29. The van der Waals surface area contributed by atoms with Crippen LogP contribution in [0.1, 0.15) is 11.1 Å². The van der Waals surface area contributed by atoms with Gasteiger partial charge in [0.15, 0.2) is 5.11 Å². The van der Waals surface area contributed by atoms with E-state index in [2.05, 4.69) is 23.5 Å². The number of ether oxygens (including phenoxy) is 1. The quantitative estimate of drug-likeness (QED) is 0.249. The number of rotatable bonds is 5. The molecule has 5 rings (SSSR count). The van der Waals surface area contributed by atoms with Crippen LogP contribution in [0.4, 0.5) is 5.69 Å². The van der Waals surface area contributed by atoms with E-state index < -0.39 is 11.8 Å². The van der Waals surface area contributed by atoms with Crippen LogP contribution in [-0.2, 0) is 16.2 Å². The number of hydrogen-bond donors (Lipinski definition) is 1. The Kier molecular flexibility index (Phi) is 5.89. The van der Waals surface area contributed by atoms with E-state index in [-0.39, 0.29) is 10.7 Å². The molecule has 0 aliphatic carbocycles. The summed E-state index contributed by atoms with van der Waals surface area (Å²) in [5, 5.41) is 4.93. The predicted molar refractivity (Wildman–Crippen MR) is 137 cm³/mol. The maximum absolute atomic E-state index is 13.3. The van der Waals surface area contributed by atoms with Crippen molar-refractivity contribution in [3.8, 4) is 5.75 Å². The van der Waals surface area contributed by atoms with Gasteiger partial charge in [0.2, 0.25) is 0 Å². The molecule has 1 saturated heterocycles. The van der Waals surface area contributed by atoms with Crippen molar-refractivity contribution in [3.63, 3.8) is 0 Å². The van der Waals surface area contributed by atoms with E-state index >= 15 is 0 Å². The highest BCUT2D eigenvalue weighted by molar-refractivity contribution is 7.80. The number of carbonyl (C=O) groups excluding carboxylic acids is 2. The summed E-state index contributed by atoms with van der Waals surface area (Å²) in [6.45, 7) is 0.349. The number of amides is 2. The topological polar surface area (TPSA) is 58.6 Å². The minimum atomic E-state index is -0.536. The summed E-state index contributed by atoms with van der Waals surface area (Å²) in [5.41, 5.74) is 2.25. The highest BCUT2D eigenvalue weighted by Crippen LogP contribution is 2.27. The molecule has 0 radical (unpaired) electrons. The molecule has 0 atom stereocenters. The second-order valence-corrected chi connectivity index (χ2v) is 8.14. The van der Waals surface area contributed by atoms with Crippen molar-refractivity contribution in [1.29, 1.82) is 0 Å². The van der Waals surface area contributed by atoms with Crippen molar-refractivity contribution in [2.75, 3.05) is 4.90 Å². The molecule has 2 amide bonds. The predicted octanol–water partition coefficient (Wildman–Crippen LogP) is 5.25. The largest absolute Gasteiger partial charge is 0.488 e. The SMILES string of the molecule is O=C1NC(=S)N(c2ccccc2)C(=O)/C1=C\c1ccccc1OCc1cccc2ccccc12. The first-order valence-electron chi connectivity index (χ1n) is 10.8. The Morgan fingerprint density at radius 3 is 2.38 bits per heavy atom. The van der Waals surface area contributed by atoms with E-state index in [1.54, 1.807) is 18.2 Å². The van der Waals surface area contributed by atoms with Crippen LogP contribution in [0.2, 0.25) is 0 Å². The third-order valence-electron chi connectivity index (χ3n) is 5.60. The molecule has 6 heteroatoms. The molecule has 166 valence electrons. The lowest BCUT2D eigenvalue weighted by Gasteiger charge is -2.29. The number of carbonyl (C=O) groups is 2. The van der Waals surface area contributed by atoms with Gasteiger partial charge in [-0.3, -0.25) is 19.8 Å². The molecule has 0 bridgehead atoms. The van der Waals surface area contributed by atoms with Gasteiger partial charge >= 0.3 is 0 Å². The molecule has 5 nitrogen and oxygen atoms in total. The summed E-state index contributed by atoms with van der Waals surface area (Å²) in [6.07, 6.45) is 1.55. The van der Waals surface area contributed by atoms with Gasteiger partial charge in [-0.15, -0.1) is 0 Å². The molecule has 0 spiro atoms. The monoisotopic (exact) mass is 464 g/mol. The lowest BCUT2D eigenvalue weighted by atomic mass is 10.0. The Bertz CT molecular complexity index is 1440. The number of fused-ring (bicyclic) bond motifs is 1. The zero-order valence-electron chi connectivity index (χ0n) is 18.1. The number of nitrogens with one attached hydrogen (secondary N) is 1. The molecule has 34 heavy (non-hydrogen) atoms. The van der Waals surface area contributed by atoms with E-state index in [4.69, 9.17) is 17.0 Å². The van der Waals surface area contributed by atoms with Crippen LogP contribution in [-0.4, -0.2) is 16.9 Å². The average Bonchev–Trinajstić information content (AvgIpc) is 2.86. The third kappa shape index (κ3) is 4.19. The number of benzene rings is 4. The number of nitrogens with zero attached hydrogens (tertiary/aromatic N) is 1. The smallest absolute Gasteiger partial charge is 0.270 e. The standard InChI is InChI=1S/C28H20N2O3S/c31-26-24(27(32)30(28(34)29-26)22-13-2-1-3-14-22)17-20-10-5-7-16-25(20)33-18-21-12-8-11-19-9-4-6-15-23(19)21/h1-17H,18H2,(H,29,31,34)/b24-17-. The molecule has 4 aromatic rings. The lowest BCUT2D eigenvalue weighted by Crippen LogP contribution is -2.54. The van der Waals surface area contributed by atoms with Crippen LogP contribution in [0.15, 0.2) is 103 Å². The first-order valence-corrected chi connectivity index (χ1v) is 11.2. The fourth-order valence-corrected chi connectivity index (χ4v) is 4.21. The van der Waals surface area contributed by atoms with Crippen molar-refractivity contribution >= 4 is 51.7 Å². The van der Waals surface area contributed by atoms with Gasteiger partial charge in [-0.1, -0.05) is 78.9 Å². The summed E-state index contributed by atoms with van der Waals surface area (Å²) < 4.78 is 6.15.